The number of rotatable bonds is 4. The third-order valence-electron chi connectivity index (χ3n) is 6.47. The minimum Gasteiger partial charge on any atom is -0.497 e. The summed E-state index contributed by atoms with van der Waals surface area (Å²) in [6.07, 6.45) is 3.96. The Morgan fingerprint density at radius 1 is 1.19 bits per heavy atom. The van der Waals surface area contributed by atoms with Gasteiger partial charge in [-0.1, -0.05) is 6.92 Å². The Bertz CT molecular complexity index is 1060. The molecule has 1 aromatic heterocycles. The van der Waals surface area contributed by atoms with Crippen molar-refractivity contribution >= 4 is 28.2 Å². The van der Waals surface area contributed by atoms with Crippen LogP contribution in [0.2, 0.25) is 0 Å². The molecule has 0 saturated heterocycles. The van der Waals surface area contributed by atoms with Crippen LogP contribution in [0.3, 0.4) is 0 Å². The van der Waals surface area contributed by atoms with Gasteiger partial charge in [0.15, 0.2) is 16.7 Å². The molecule has 0 spiro atoms. The van der Waals surface area contributed by atoms with Crippen LogP contribution in [0.1, 0.15) is 37.8 Å². The maximum absolute atomic E-state index is 13.8. The number of nitrogens with zero attached hydrogens (tertiary/aromatic N) is 2. The summed E-state index contributed by atoms with van der Waals surface area (Å²) in [5.41, 5.74) is 1.08. The lowest BCUT2D eigenvalue weighted by Gasteiger charge is -2.37. The molecule has 1 aliphatic carbocycles. The molecular weight excluding hydrogens is 416 g/mol. The molecule has 2 aliphatic heterocycles. The second-order valence-corrected chi connectivity index (χ2v) is 9.16. The van der Waals surface area contributed by atoms with Crippen LogP contribution < -0.4 is 14.4 Å². The van der Waals surface area contributed by atoms with Crippen molar-refractivity contribution in [2.45, 2.75) is 38.3 Å². The summed E-state index contributed by atoms with van der Waals surface area (Å²) in [7, 11) is 3.15. The van der Waals surface area contributed by atoms with Crippen LogP contribution in [-0.2, 0) is 14.3 Å². The molecule has 1 amide bonds. The fraction of sp³-hybridized carbons (Fsp3) is 0.435. The van der Waals surface area contributed by atoms with Gasteiger partial charge >= 0.3 is 0 Å². The Balaban J connectivity index is 1.69. The van der Waals surface area contributed by atoms with Crippen LogP contribution in [0.25, 0.3) is 0 Å². The Hall–Kier alpha value is -2.87. The average molecular weight is 441 g/mol. The zero-order chi connectivity index (χ0) is 21.7. The van der Waals surface area contributed by atoms with Crippen molar-refractivity contribution in [2.75, 3.05) is 19.1 Å². The molecule has 0 bridgehead atoms. The minimum absolute atomic E-state index is 0.0000732. The van der Waals surface area contributed by atoms with Gasteiger partial charge in [-0.15, -0.1) is 11.3 Å². The lowest BCUT2D eigenvalue weighted by molar-refractivity contribution is -0.132. The fourth-order valence-corrected chi connectivity index (χ4v) is 5.62. The largest absolute Gasteiger partial charge is 0.497 e. The first-order valence-electron chi connectivity index (χ1n) is 10.4. The van der Waals surface area contributed by atoms with Crippen LogP contribution >= 0.6 is 11.3 Å². The molecule has 1 saturated carbocycles. The molecule has 31 heavy (non-hydrogen) atoms. The Morgan fingerprint density at radius 2 is 2.03 bits per heavy atom. The quantitative estimate of drug-likeness (QED) is 0.718. The predicted octanol–water partition coefficient (Wildman–Crippen LogP) is 3.91. The second-order valence-electron chi connectivity index (χ2n) is 8.29. The molecule has 0 N–H and O–H groups in total. The van der Waals surface area contributed by atoms with Gasteiger partial charge in [-0.25, -0.2) is 4.98 Å². The summed E-state index contributed by atoms with van der Waals surface area (Å²) in [5.74, 6) is 1.24. The molecule has 8 heteroatoms. The third kappa shape index (κ3) is 3.12. The number of hydrogen-bond donors (Lipinski definition) is 0. The zero-order valence-corrected chi connectivity index (χ0v) is 18.5. The molecule has 0 radical (unpaired) electrons. The highest BCUT2D eigenvalue weighted by Crippen LogP contribution is 2.51. The number of ether oxygens (including phenoxy) is 3. The Labute approximate surface area is 184 Å². The second kappa shape index (κ2) is 7.67. The van der Waals surface area contributed by atoms with Gasteiger partial charge in [0.25, 0.3) is 5.91 Å². The molecule has 4 atom stereocenters. The molecule has 4 unspecified atom stereocenters. The van der Waals surface area contributed by atoms with Gasteiger partial charge in [0.2, 0.25) is 0 Å². The standard InChI is InChI=1S/C23H24N2O5S/c1-12-4-6-17-15(10-12)20(26)18-19(14-11-13(28-2)5-7-16(14)29-3)25(22(27)21(18)30-17)23-24-8-9-31-23/h5,7-9,11-12,15,17,19H,4,6,10H2,1-3H3. The summed E-state index contributed by atoms with van der Waals surface area (Å²) in [4.78, 5) is 33.3. The molecule has 5 rings (SSSR count). The molecule has 1 fully saturated rings. The van der Waals surface area contributed by atoms with E-state index in [2.05, 4.69) is 11.9 Å². The molecule has 1 aromatic carbocycles. The van der Waals surface area contributed by atoms with Crippen LogP contribution in [0.4, 0.5) is 5.13 Å². The lowest BCUT2D eigenvalue weighted by Crippen LogP contribution is -2.41. The van der Waals surface area contributed by atoms with Crippen molar-refractivity contribution in [3.05, 3.63) is 46.7 Å². The highest BCUT2D eigenvalue weighted by molar-refractivity contribution is 7.13. The Kier molecular flexibility index (Phi) is 4.97. The molecule has 2 aromatic rings. The highest BCUT2D eigenvalue weighted by atomic mass is 32.1. The first kappa shape index (κ1) is 20.1. The van der Waals surface area contributed by atoms with Gasteiger partial charge in [-0.2, -0.15) is 0 Å². The highest BCUT2D eigenvalue weighted by Gasteiger charge is 2.54. The van der Waals surface area contributed by atoms with Gasteiger partial charge in [0, 0.05) is 17.1 Å². The van der Waals surface area contributed by atoms with Crippen molar-refractivity contribution in [1.29, 1.82) is 0 Å². The molecular formula is C23H24N2O5S. The van der Waals surface area contributed by atoms with Gasteiger partial charge in [-0.3, -0.25) is 14.5 Å². The molecule has 162 valence electrons. The summed E-state index contributed by atoms with van der Waals surface area (Å²) in [6, 6.07) is 4.72. The SMILES string of the molecule is COc1ccc(OC)c(C2C3=C(OC4CCC(C)CC4C3=O)C(=O)N2c2nccs2)c1. The van der Waals surface area contributed by atoms with Crippen LogP contribution in [0.15, 0.2) is 41.1 Å². The van der Waals surface area contributed by atoms with E-state index < -0.39 is 6.04 Å². The third-order valence-corrected chi connectivity index (χ3v) is 7.24. The number of carbonyl (C=O) groups is 2. The number of fused-ring (bicyclic) bond motifs is 1. The van der Waals surface area contributed by atoms with Crippen molar-refractivity contribution in [3.63, 3.8) is 0 Å². The number of methoxy groups -OCH3 is 2. The summed E-state index contributed by atoms with van der Waals surface area (Å²) in [6.45, 7) is 2.16. The summed E-state index contributed by atoms with van der Waals surface area (Å²) >= 11 is 1.35. The van der Waals surface area contributed by atoms with Crippen molar-refractivity contribution in [1.82, 2.24) is 4.98 Å². The van der Waals surface area contributed by atoms with Gasteiger partial charge in [0.1, 0.15) is 23.6 Å². The number of carbonyl (C=O) groups excluding carboxylic acids is 2. The van der Waals surface area contributed by atoms with Crippen LogP contribution in [0, 0.1) is 11.8 Å². The number of benzene rings is 1. The van der Waals surface area contributed by atoms with E-state index >= 15 is 0 Å². The normalized spacial score (nSPS) is 27.6. The number of anilines is 1. The maximum atomic E-state index is 13.8. The van der Waals surface area contributed by atoms with Crippen LogP contribution in [-0.4, -0.2) is 37.0 Å². The van der Waals surface area contributed by atoms with Crippen molar-refractivity contribution in [2.24, 2.45) is 11.8 Å². The van der Waals surface area contributed by atoms with Crippen molar-refractivity contribution in [3.8, 4) is 11.5 Å². The van der Waals surface area contributed by atoms with E-state index in [1.54, 1.807) is 37.4 Å². The number of hydrogen-bond acceptors (Lipinski definition) is 7. The number of amides is 1. The number of thiazole rings is 1. The topological polar surface area (TPSA) is 78.0 Å². The summed E-state index contributed by atoms with van der Waals surface area (Å²) in [5, 5.41) is 2.33. The fourth-order valence-electron chi connectivity index (χ4n) is 4.96. The number of ketones is 1. The number of aromatic nitrogens is 1. The van der Waals surface area contributed by atoms with Crippen molar-refractivity contribution < 1.29 is 23.8 Å². The first-order valence-corrected chi connectivity index (χ1v) is 11.3. The van der Waals surface area contributed by atoms with Gasteiger partial charge < -0.3 is 14.2 Å². The lowest BCUT2D eigenvalue weighted by atomic mass is 9.74. The zero-order valence-electron chi connectivity index (χ0n) is 17.7. The predicted molar refractivity (Wildman–Crippen MR) is 115 cm³/mol. The molecule has 3 heterocycles. The molecule has 7 nitrogen and oxygen atoms in total. The van der Waals surface area contributed by atoms with E-state index in [1.165, 1.54) is 11.3 Å². The minimum atomic E-state index is -0.676. The van der Waals surface area contributed by atoms with E-state index in [1.807, 2.05) is 11.4 Å². The van der Waals surface area contributed by atoms with Gasteiger partial charge in [-0.05, 0) is 43.4 Å². The van der Waals surface area contributed by atoms with Crippen LogP contribution in [0.5, 0.6) is 11.5 Å². The Morgan fingerprint density at radius 3 is 2.74 bits per heavy atom. The smallest absolute Gasteiger partial charge is 0.296 e. The average Bonchev–Trinajstić information content (AvgIpc) is 3.40. The van der Waals surface area contributed by atoms with E-state index in [9.17, 15) is 9.59 Å². The summed E-state index contributed by atoms with van der Waals surface area (Å²) < 4.78 is 17.3. The molecule has 3 aliphatic rings. The van der Waals surface area contributed by atoms with E-state index in [-0.39, 0.29) is 29.5 Å². The van der Waals surface area contributed by atoms with E-state index in [0.29, 0.717) is 33.7 Å². The monoisotopic (exact) mass is 440 g/mol. The number of Topliss-reactive ketones (excluding diaryl/α,β-unsaturated/α-hetero) is 1. The van der Waals surface area contributed by atoms with Gasteiger partial charge in [0.05, 0.1) is 25.7 Å². The van der Waals surface area contributed by atoms with E-state index in [4.69, 9.17) is 14.2 Å². The maximum Gasteiger partial charge on any atom is 0.296 e. The first-order chi connectivity index (χ1) is 15.0. The van der Waals surface area contributed by atoms with E-state index in [0.717, 1.165) is 19.3 Å².